The van der Waals surface area contributed by atoms with E-state index in [1.165, 1.54) is 12.8 Å². The number of hydrogen-bond donors (Lipinski definition) is 2. The van der Waals surface area contributed by atoms with Gasteiger partial charge in [-0.05, 0) is 38.1 Å². The number of likely N-dealkylation sites (tertiary alicyclic amines) is 1. The van der Waals surface area contributed by atoms with E-state index in [2.05, 4.69) is 37.9 Å². The van der Waals surface area contributed by atoms with Gasteiger partial charge in [0, 0.05) is 18.6 Å². The summed E-state index contributed by atoms with van der Waals surface area (Å²) in [5.41, 5.74) is 5.84. The highest BCUT2D eigenvalue weighted by Gasteiger charge is 2.28. The second kappa shape index (κ2) is 7.10. The average molecular weight is 255 g/mol. The van der Waals surface area contributed by atoms with Gasteiger partial charge in [-0.2, -0.15) is 0 Å². The van der Waals surface area contributed by atoms with Gasteiger partial charge in [-0.3, -0.25) is 9.69 Å². The van der Waals surface area contributed by atoms with Gasteiger partial charge in [0.25, 0.3) is 0 Å². The van der Waals surface area contributed by atoms with Gasteiger partial charge < -0.3 is 11.1 Å². The molecule has 1 rings (SSSR count). The van der Waals surface area contributed by atoms with Gasteiger partial charge in [-0.15, -0.1) is 0 Å². The lowest BCUT2D eigenvalue weighted by molar-refractivity contribution is -0.124. The predicted octanol–water partition coefficient (Wildman–Crippen LogP) is 1.21. The third-order valence-corrected chi connectivity index (χ3v) is 4.21. The molecule has 3 unspecified atom stereocenters. The SMILES string of the molecule is CC(C)C(C)NC(=O)CN1CCCC(C)C1CN. The molecule has 0 aromatic rings. The Balaban J connectivity index is 2.47. The Bertz CT molecular complexity index is 268. The summed E-state index contributed by atoms with van der Waals surface area (Å²) in [6, 6.07) is 0.592. The van der Waals surface area contributed by atoms with Crippen molar-refractivity contribution < 1.29 is 4.79 Å². The maximum absolute atomic E-state index is 12.0. The van der Waals surface area contributed by atoms with Gasteiger partial charge in [0.05, 0.1) is 6.54 Å². The smallest absolute Gasteiger partial charge is 0.234 e. The molecule has 1 fully saturated rings. The lowest BCUT2D eigenvalue weighted by Gasteiger charge is -2.39. The Kier molecular flexibility index (Phi) is 6.09. The second-order valence-corrected chi connectivity index (χ2v) is 5.99. The number of rotatable bonds is 5. The molecular weight excluding hydrogens is 226 g/mol. The van der Waals surface area contributed by atoms with Crippen LogP contribution in [0.3, 0.4) is 0 Å². The highest BCUT2D eigenvalue weighted by atomic mass is 16.2. The molecule has 1 amide bonds. The van der Waals surface area contributed by atoms with Gasteiger partial charge in [-0.25, -0.2) is 0 Å². The molecule has 0 aromatic carbocycles. The first kappa shape index (κ1) is 15.4. The minimum atomic E-state index is 0.128. The Morgan fingerprint density at radius 2 is 2.11 bits per heavy atom. The van der Waals surface area contributed by atoms with E-state index in [0.717, 1.165) is 6.54 Å². The highest BCUT2D eigenvalue weighted by molar-refractivity contribution is 5.78. The Morgan fingerprint density at radius 3 is 2.67 bits per heavy atom. The minimum Gasteiger partial charge on any atom is -0.352 e. The number of nitrogens with one attached hydrogen (secondary N) is 1. The molecule has 106 valence electrons. The third kappa shape index (κ3) is 4.25. The second-order valence-electron chi connectivity index (χ2n) is 5.99. The zero-order chi connectivity index (χ0) is 13.7. The van der Waals surface area contributed by atoms with Gasteiger partial charge in [0.15, 0.2) is 0 Å². The molecule has 0 spiro atoms. The van der Waals surface area contributed by atoms with Crippen LogP contribution in [-0.2, 0) is 4.79 Å². The first-order chi connectivity index (χ1) is 8.45. The molecule has 1 heterocycles. The van der Waals surface area contributed by atoms with E-state index in [1.807, 2.05) is 0 Å². The van der Waals surface area contributed by atoms with Crippen LogP contribution in [-0.4, -0.2) is 42.5 Å². The van der Waals surface area contributed by atoms with Crippen LogP contribution in [0.5, 0.6) is 0 Å². The summed E-state index contributed by atoms with van der Waals surface area (Å²) in [4.78, 5) is 14.2. The van der Waals surface area contributed by atoms with Crippen LogP contribution >= 0.6 is 0 Å². The monoisotopic (exact) mass is 255 g/mol. The van der Waals surface area contributed by atoms with Gasteiger partial charge in [-0.1, -0.05) is 20.8 Å². The fraction of sp³-hybridized carbons (Fsp3) is 0.929. The molecule has 0 bridgehead atoms. The van der Waals surface area contributed by atoms with E-state index in [4.69, 9.17) is 5.73 Å². The van der Waals surface area contributed by atoms with Crippen molar-refractivity contribution in [2.45, 2.75) is 52.6 Å². The van der Waals surface area contributed by atoms with Crippen LogP contribution in [0, 0.1) is 11.8 Å². The summed E-state index contributed by atoms with van der Waals surface area (Å²) in [6.45, 7) is 10.7. The quantitative estimate of drug-likeness (QED) is 0.776. The molecule has 3 atom stereocenters. The fourth-order valence-electron chi connectivity index (χ4n) is 2.56. The van der Waals surface area contributed by atoms with E-state index in [1.54, 1.807) is 0 Å². The summed E-state index contributed by atoms with van der Waals surface area (Å²) in [7, 11) is 0. The van der Waals surface area contributed by atoms with Crippen molar-refractivity contribution >= 4 is 5.91 Å². The topological polar surface area (TPSA) is 58.4 Å². The third-order valence-electron chi connectivity index (χ3n) is 4.21. The lowest BCUT2D eigenvalue weighted by atomic mass is 9.91. The van der Waals surface area contributed by atoms with Gasteiger partial charge >= 0.3 is 0 Å². The van der Waals surface area contributed by atoms with Gasteiger partial charge in [0.2, 0.25) is 5.91 Å². The van der Waals surface area contributed by atoms with Crippen molar-refractivity contribution in [1.82, 2.24) is 10.2 Å². The zero-order valence-electron chi connectivity index (χ0n) is 12.3. The van der Waals surface area contributed by atoms with Crippen LogP contribution in [0.2, 0.25) is 0 Å². The van der Waals surface area contributed by atoms with Crippen molar-refractivity contribution in [3.63, 3.8) is 0 Å². The maximum Gasteiger partial charge on any atom is 0.234 e. The molecule has 18 heavy (non-hydrogen) atoms. The number of nitrogens with two attached hydrogens (primary N) is 1. The van der Waals surface area contributed by atoms with Crippen molar-refractivity contribution in [2.24, 2.45) is 17.6 Å². The highest BCUT2D eigenvalue weighted by Crippen LogP contribution is 2.22. The molecule has 4 nitrogen and oxygen atoms in total. The number of amides is 1. The molecule has 4 heteroatoms. The average Bonchev–Trinajstić information content (AvgIpc) is 2.28. The number of nitrogens with zero attached hydrogens (tertiary/aromatic N) is 1. The molecule has 1 aliphatic rings. The Morgan fingerprint density at radius 1 is 1.44 bits per heavy atom. The summed E-state index contributed by atoms with van der Waals surface area (Å²) in [5.74, 6) is 1.20. The van der Waals surface area contributed by atoms with Crippen molar-refractivity contribution in [3.05, 3.63) is 0 Å². The van der Waals surface area contributed by atoms with E-state index < -0.39 is 0 Å². The summed E-state index contributed by atoms with van der Waals surface area (Å²) < 4.78 is 0. The predicted molar refractivity (Wildman–Crippen MR) is 75.3 cm³/mol. The molecule has 1 saturated heterocycles. The van der Waals surface area contributed by atoms with E-state index in [-0.39, 0.29) is 11.9 Å². The van der Waals surface area contributed by atoms with Crippen LogP contribution in [0.25, 0.3) is 0 Å². The summed E-state index contributed by atoms with van der Waals surface area (Å²) in [5, 5.41) is 3.06. The molecule has 1 aliphatic heterocycles. The van der Waals surface area contributed by atoms with Gasteiger partial charge in [0.1, 0.15) is 0 Å². The lowest BCUT2D eigenvalue weighted by Crippen LogP contribution is -2.53. The molecular formula is C14H29N3O. The van der Waals surface area contributed by atoms with E-state index >= 15 is 0 Å². The fourth-order valence-corrected chi connectivity index (χ4v) is 2.56. The molecule has 0 saturated carbocycles. The van der Waals surface area contributed by atoms with E-state index in [0.29, 0.717) is 31.0 Å². The first-order valence-corrected chi connectivity index (χ1v) is 7.19. The number of hydrogen-bond acceptors (Lipinski definition) is 3. The van der Waals surface area contributed by atoms with Crippen LogP contribution in [0.15, 0.2) is 0 Å². The Labute approximate surface area is 111 Å². The van der Waals surface area contributed by atoms with E-state index in [9.17, 15) is 4.79 Å². The maximum atomic E-state index is 12.0. The molecule has 0 radical (unpaired) electrons. The van der Waals surface area contributed by atoms with Crippen molar-refractivity contribution in [3.8, 4) is 0 Å². The molecule has 0 aromatic heterocycles. The largest absolute Gasteiger partial charge is 0.352 e. The number of piperidine rings is 1. The van der Waals surface area contributed by atoms with Crippen LogP contribution in [0.1, 0.15) is 40.5 Å². The number of carbonyl (C=O) groups excluding carboxylic acids is 1. The summed E-state index contributed by atoms with van der Waals surface area (Å²) >= 11 is 0. The standard InChI is InChI=1S/C14H29N3O/c1-10(2)12(4)16-14(18)9-17-7-5-6-11(3)13(17)8-15/h10-13H,5-9,15H2,1-4H3,(H,16,18). The zero-order valence-corrected chi connectivity index (χ0v) is 12.3. The van der Waals surface area contributed by atoms with Crippen LogP contribution in [0.4, 0.5) is 0 Å². The Hall–Kier alpha value is -0.610. The minimum absolute atomic E-state index is 0.128. The first-order valence-electron chi connectivity index (χ1n) is 7.19. The van der Waals surface area contributed by atoms with Crippen molar-refractivity contribution in [1.29, 1.82) is 0 Å². The summed E-state index contributed by atoms with van der Waals surface area (Å²) in [6.07, 6.45) is 2.40. The molecule has 0 aliphatic carbocycles. The van der Waals surface area contributed by atoms with Crippen molar-refractivity contribution in [2.75, 3.05) is 19.6 Å². The van der Waals surface area contributed by atoms with Crippen LogP contribution < -0.4 is 11.1 Å². The molecule has 3 N–H and O–H groups in total. The number of carbonyl (C=O) groups is 1. The normalized spacial score (nSPS) is 27.2.